The number of halogens is 1. The molecule has 0 saturated heterocycles. The lowest BCUT2D eigenvalue weighted by molar-refractivity contribution is 0.102. The average Bonchev–Trinajstić information content (AvgIpc) is 2.48. The van der Waals surface area contributed by atoms with Crippen LogP contribution in [0.4, 0.5) is 5.69 Å². The summed E-state index contributed by atoms with van der Waals surface area (Å²) in [5.74, 6) is 0.208. The van der Waals surface area contributed by atoms with E-state index >= 15 is 0 Å². The summed E-state index contributed by atoms with van der Waals surface area (Å²) in [6, 6.07) is 14.1. The molecule has 1 amide bonds. The minimum Gasteiger partial charge on any atom is -0.493 e. The number of hydrogen-bond acceptors (Lipinski definition) is 3. The lowest BCUT2D eigenvalue weighted by Crippen LogP contribution is -2.14. The van der Waals surface area contributed by atoms with Crippen molar-refractivity contribution in [3.63, 3.8) is 0 Å². The molecule has 0 fully saturated rings. The van der Waals surface area contributed by atoms with Gasteiger partial charge in [-0.2, -0.15) is 5.26 Å². The summed E-state index contributed by atoms with van der Waals surface area (Å²) in [7, 11) is 0. The van der Waals surface area contributed by atoms with E-state index in [0.29, 0.717) is 29.2 Å². The van der Waals surface area contributed by atoms with E-state index in [2.05, 4.69) is 27.3 Å². The smallest absolute Gasteiger partial charge is 0.259 e. The van der Waals surface area contributed by atoms with Crippen LogP contribution in [-0.2, 0) is 0 Å². The third-order valence-corrected chi connectivity index (χ3v) is 3.28. The predicted octanol–water partition coefficient (Wildman–Crippen LogP) is 3.97. The molecule has 2 rings (SSSR count). The first kappa shape index (κ1) is 15.1. The van der Waals surface area contributed by atoms with Crippen LogP contribution in [0.3, 0.4) is 0 Å². The molecule has 106 valence electrons. The molecule has 0 atom stereocenters. The molecule has 0 aliphatic carbocycles. The van der Waals surface area contributed by atoms with Gasteiger partial charge in [-0.1, -0.05) is 28.1 Å². The van der Waals surface area contributed by atoms with Gasteiger partial charge in [0.15, 0.2) is 0 Å². The third kappa shape index (κ3) is 3.61. The van der Waals surface area contributed by atoms with E-state index in [1.165, 1.54) is 0 Å². The Morgan fingerprint density at radius 2 is 2.10 bits per heavy atom. The zero-order chi connectivity index (χ0) is 15.2. The molecule has 2 aromatic rings. The van der Waals surface area contributed by atoms with Crippen LogP contribution in [0, 0.1) is 11.3 Å². The molecule has 4 nitrogen and oxygen atoms in total. The van der Waals surface area contributed by atoms with Crippen LogP contribution in [0.5, 0.6) is 5.75 Å². The minimum absolute atomic E-state index is 0.311. The summed E-state index contributed by atoms with van der Waals surface area (Å²) in [5.41, 5.74) is 1.30. The number of carbonyl (C=O) groups excluding carboxylic acids is 1. The van der Waals surface area contributed by atoms with E-state index in [1.807, 2.05) is 13.0 Å². The number of nitrogens with zero attached hydrogens (tertiary/aromatic N) is 1. The van der Waals surface area contributed by atoms with Crippen LogP contribution in [0.2, 0.25) is 0 Å². The summed E-state index contributed by atoms with van der Waals surface area (Å²) in [6.07, 6.45) is 0. The maximum absolute atomic E-state index is 12.4. The summed E-state index contributed by atoms with van der Waals surface area (Å²) < 4.78 is 6.23. The number of hydrogen-bond donors (Lipinski definition) is 1. The van der Waals surface area contributed by atoms with Gasteiger partial charge >= 0.3 is 0 Å². The first-order valence-electron chi connectivity index (χ1n) is 6.38. The van der Waals surface area contributed by atoms with Crippen LogP contribution >= 0.6 is 15.9 Å². The van der Waals surface area contributed by atoms with Gasteiger partial charge in [0.05, 0.1) is 23.4 Å². The van der Waals surface area contributed by atoms with Crippen molar-refractivity contribution in [1.82, 2.24) is 0 Å². The standard InChI is InChI=1S/C16H13BrN2O2/c1-2-21-15-6-4-3-5-13(15)16(20)19-14-9-12(17)8-7-11(14)10-18/h3-9H,2H2,1H3,(H,19,20). The second-order valence-electron chi connectivity index (χ2n) is 4.19. The van der Waals surface area contributed by atoms with E-state index in [0.717, 1.165) is 4.47 Å². The fraction of sp³-hybridized carbons (Fsp3) is 0.125. The Bertz CT molecular complexity index is 708. The van der Waals surface area contributed by atoms with E-state index in [4.69, 9.17) is 10.00 Å². The molecule has 0 aliphatic rings. The van der Waals surface area contributed by atoms with Crippen LogP contribution in [0.25, 0.3) is 0 Å². The number of carbonyl (C=O) groups is 1. The van der Waals surface area contributed by atoms with Crippen molar-refractivity contribution in [1.29, 1.82) is 5.26 Å². The molecule has 0 saturated carbocycles. The van der Waals surface area contributed by atoms with E-state index in [-0.39, 0.29) is 5.91 Å². The van der Waals surface area contributed by atoms with Gasteiger partial charge in [0.25, 0.3) is 5.91 Å². The Labute approximate surface area is 131 Å². The number of ether oxygens (including phenoxy) is 1. The average molecular weight is 345 g/mol. The fourth-order valence-corrected chi connectivity index (χ4v) is 2.20. The van der Waals surface area contributed by atoms with Gasteiger partial charge in [0, 0.05) is 4.47 Å². The van der Waals surface area contributed by atoms with Crippen molar-refractivity contribution >= 4 is 27.5 Å². The van der Waals surface area contributed by atoms with Crippen molar-refractivity contribution < 1.29 is 9.53 Å². The maximum Gasteiger partial charge on any atom is 0.259 e. The summed E-state index contributed by atoms with van der Waals surface area (Å²) >= 11 is 3.33. The molecule has 0 bridgehead atoms. The highest BCUT2D eigenvalue weighted by Gasteiger charge is 2.14. The number of amides is 1. The number of para-hydroxylation sites is 1. The van der Waals surface area contributed by atoms with Gasteiger partial charge in [-0.25, -0.2) is 0 Å². The predicted molar refractivity (Wildman–Crippen MR) is 84.4 cm³/mol. The SMILES string of the molecule is CCOc1ccccc1C(=O)Nc1cc(Br)ccc1C#N. The topological polar surface area (TPSA) is 62.1 Å². The summed E-state index contributed by atoms with van der Waals surface area (Å²) in [4.78, 5) is 12.4. The molecular weight excluding hydrogens is 332 g/mol. The molecule has 0 spiro atoms. The molecule has 0 radical (unpaired) electrons. The molecule has 0 aromatic heterocycles. The monoisotopic (exact) mass is 344 g/mol. The van der Waals surface area contributed by atoms with Crippen molar-refractivity contribution in [2.24, 2.45) is 0 Å². The number of anilines is 1. The van der Waals surface area contributed by atoms with Crippen molar-refractivity contribution in [2.75, 3.05) is 11.9 Å². The van der Waals surface area contributed by atoms with Gasteiger partial charge in [-0.3, -0.25) is 4.79 Å². The lowest BCUT2D eigenvalue weighted by atomic mass is 10.1. The van der Waals surface area contributed by atoms with Gasteiger partial charge in [0.2, 0.25) is 0 Å². The zero-order valence-electron chi connectivity index (χ0n) is 11.4. The first-order chi connectivity index (χ1) is 10.2. The first-order valence-corrected chi connectivity index (χ1v) is 7.18. The number of nitriles is 1. The van der Waals surface area contributed by atoms with Gasteiger partial charge in [-0.15, -0.1) is 0 Å². The van der Waals surface area contributed by atoms with E-state index in [9.17, 15) is 4.79 Å². The van der Waals surface area contributed by atoms with Crippen LogP contribution in [-0.4, -0.2) is 12.5 Å². The Morgan fingerprint density at radius 1 is 1.33 bits per heavy atom. The Kier molecular flexibility index (Phi) is 4.96. The molecular formula is C16H13BrN2O2. The quantitative estimate of drug-likeness (QED) is 0.912. The van der Waals surface area contributed by atoms with Crippen molar-refractivity contribution in [3.05, 3.63) is 58.1 Å². The molecule has 0 heterocycles. The largest absolute Gasteiger partial charge is 0.493 e. The van der Waals surface area contributed by atoms with Crippen LogP contribution < -0.4 is 10.1 Å². The van der Waals surface area contributed by atoms with Gasteiger partial charge in [0.1, 0.15) is 11.8 Å². The Morgan fingerprint density at radius 3 is 2.81 bits per heavy atom. The molecule has 1 N–H and O–H groups in total. The number of rotatable bonds is 4. The number of benzene rings is 2. The fourth-order valence-electron chi connectivity index (χ4n) is 1.84. The molecule has 0 unspecified atom stereocenters. The third-order valence-electron chi connectivity index (χ3n) is 2.78. The second kappa shape index (κ2) is 6.91. The summed E-state index contributed by atoms with van der Waals surface area (Å²) in [6.45, 7) is 2.33. The minimum atomic E-state index is -0.311. The van der Waals surface area contributed by atoms with E-state index in [1.54, 1.807) is 36.4 Å². The highest BCUT2D eigenvalue weighted by atomic mass is 79.9. The Hall–Kier alpha value is -2.32. The maximum atomic E-state index is 12.4. The van der Waals surface area contributed by atoms with E-state index < -0.39 is 0 Å². The zero-order valence-corrected chi connectivity index (χ0v) is 13.0. The normalized spacial score (nSPS) is 9.76. The highest BCUT2D eigenvalue weighted by Crippen LogP contribution is 2.24. The van der Waals surface area contributed by atoms with Crippen LogP contribution in [0.15, 0.2) is 46.9 Å². The molecule has 21 heavy (non-hydrogen) atoms. The molecule has 0 aliphatic heterocycles. The molecule has 5 heteroatoms. The Balaban J connectivity index is 2.31. The number of nitrogens with one attached hydrogen (secondary N) is 1. The van der Waals surface area contributed by atoms with Crippen molar-refractivity contribution in [3.8, 4) is 11.8 Å². The van der Waals surface area contributed by atoms with Crippen molar-refractivity contribution in [2.45, 2.75) is 6.92 Å². The molecule has 2 aromatic carbocycles. The second-order valence-corrected chi connectivity index (χ2v) is 5.10. The van der Waals surface area contributed by atoms with Gasteiger partial charge < -0.3 is 10.1 Å². The lowest BCUT2D eigenvalue weighted by Gasteiger charge is -2.11. The highest BCUT2D eigenvalue weighted by molar-refractivity contribution is 9.10. The summed E-state index contributed by atoms with van der Waals surface area (Å²) in [5, 5.41) is 11.8. The van der Waals surface area contributed by atoms with Gasteiger partial charge in [-0.05, 0) is 37.3 Å². The van der Waals surface area contributed by atoms with Crippen LogP contribution in [0.1, 0.15) is 22.8 Å².